The highest BCUT2D eigenvalue weighted by atomic mass is 16.5. The van der Waals surface area contributed by atoms with Crippen molar-refractivity contribution < 1.29 is 14.6 Å². The monoisotopic (exact) mass is 181 g/mol. The zero-order chi connectivity index (χ0) is 9.52. The van der Waals surface area contributed by atoms with Crippen LogP contribution in [0.5, 0.6) is 0 Å². The van der Waals surface area contributed by atoms with E-state index >= 15 is 0 Å². The Kier molecular flexibility index (Phi) is 3.78. The predicted octanol–water partition coefficient (Wildman–Crippen LogP) is 0.0789. The summed E-state index contributed by atoms with van der Waals surface area (Å²) in [5.74, 6) is -0.256. The zero-order valence-electron chi connectivity index (χ0n) is 7.06. The first-order valence-electron chi connectivity index (χ1n) is 3.92. The van der Waals surface area contributed by atoms with Gasteiger partial charge in [0.15, 0.2) is 0 Å². The molecule has 0 atom stereocenters. The molecule has 2 N–H and O–H groups in total. The van der Waals surface area contributed by atoms with Gasteiger partial charge in [-0.05, 0) is 12.2 Å². The lowest BCUT2D eigenvalue weighted by Gasteiger charge is -2.02. The van der Waals surface area contributed by atoms with Gasteiger partial charge in [0.25, 0.3) is 5.91 Å². The molecule has 0 bridgehead atoms. The number of hydrogen-bond donors (Lipinski definition) is 2. The first-order chi connectivity index (χ1) is 6.34. The summed E-state index contributed by atoms with van der Waals surface area (Å²) in [6.45, 7) is 0.180. The Hall–Kier alpha value is -1.55. The number of nitrogens with one attached hydrogen (secondary N) is 1. The Bertz CT molecular complexity index is 266. The summed E-state index contributed by atoms with van der Waals surface area (Å²) in [6.07, 6.45) is 7.85. The van der Waals surface area contributed by atoms with Crippen LogP contribution in [-0.4, -0.2) is 24.2 Å². The average Bonchev–Trinajstić information content (AvgIpc) is 2.42. The molecule has 0 saturated carbocycles. The molecule has 0 spiro atoms. The molecule has 70 valence electrons. The van der Waals surface area contributed by atoms with Crippen molar-refractivity contribution in [2.75, 3.05) is 13.2 Å². The van der Waals surface area contributed by atoms with E-state index in [0.29, 0.717) is 5.57 Å². The van der Waals surface area contributed by atoms with Crippen molar-refractivity contribution in [3.63, 3.8) is 0 Å². The van der Waals surface area contributed by atoms with Crippen molar-refractivity contribution in [3.05, 3.63) is 36.3 Å². The van der Waals surface area contributed by atoms with Gasteiger partial charge >= 0.3 is 0 Å². The molecule has 4 heteroatoms. The molecule has 1 heterocycles. The zero-order valence-corrected chi connectivity index (χ0v) is 7.06. The van der Waals surface area contributed by atoms with Crippen LogP contribution in [-0.2, 0) is 9.53 Å². The minimum Gasteiger partial charge on any atom is -0.472 e. The summed E-state index contributed by atoms with van der Waals surface area (Å²) in [4.78, 5) is 11.3. The van der Waals surface area contributed by atoms with Crippen LogP contribution in [0.4, 0.5) is 0 Å². The van der Waals surface area contributed by atoms with Gasteiger partial charge < -0.3 is 15.2 Å². The molecule has 0 fully saturated rings. The number of allylic oxidation sites excluding steroid dienone is 2. The molecule has 0 radical (unpaired) electrons. The van der Waals surface area contributed by atoms with E-state index in [2.05, 4.69) is 5.32 Å². The van der Waals surface area contributed by atoms with Crippen molar-refractivity contribution in [2.45, 2.75) is 0 Å². The van der Waals surface area contributed by atoms with Gasteiger partial charge in [0.2, 0.25) is 0 Å². The molecule has 1 aliphatic heterocycles. The molecule has 4 nitrogen and oxygen atoms in total. The van der Waals surface area contributed by atoms with Crippen molar-refractivity contribution >= 4 is 5.91 Å². The number of ether oxygens (including phenoxy) is 1. The molecule has 0 aromatic carbocycles. The van der Waals surface area contributed by atoms with Gasteiger partial charge in [0.05, 0.1) is 18.4 Å². The minimum absolute atomic E-state index is 0.0676. The Morgan fingerprint density at radius 2 is 2.38 bits per heavy atom. The highest BCUT2D eigenvalue weighted by Crippen LogP contribution is 2.02. The van der Waals surface area contributed by atoms with Crippen molar-refractivity contribution in [2.24, 2.45) is 0 Å². The van der Waals surface area contributed by atoms with Gasteiger partial charge in [0, 0.05) is 6.54 Å². The number of rotatable bonds is 3. The van der Waals surface area contributed by atoms with E-state index < -0.39 is 0 Å². The van der Waals surface area contributed by atoms with E-state index in [9.17, 15) is 4.79 Å². The molecule has 0 unspecified atom stereocenters. The maximum atomic E-state index is 11.3. The van der Waals surface area contributed by atoms with Crippen LogP contribution in [0.25, 0.3) is 0 Å². The average molecular weight is 181 g/mol. The number of amides is 1. The molecular formula is C9H11NO3. The van der Waals surface area contributed by atoms with Crippen LogP contribution in [0.3, 0.4) is 0 Å². The molecule has 1 aliphatic rings. The lowest BCUT2D eigenvalue weighted by Crippen LogP contribution is -2.27. The summed E-state index contributed by atoms with van der Waals surface area (Å²) in [6, 6.07) is 0. The normalized spacial score (nSPS) is 14.4. The molecule has 0 aromatic rings. The van der Waals surface area contributed by atoms with Crippen LogP contribution in [0.2, 0.25) is 0 Å². The Labute approximate surface area is 76.2 Å². The van der Waals surface area contributed by atoms with E-state index in [-0.39, 0.29) is 19.1 Å². The summed E-state index contributed by atoms with van der Waals surface area (Å²) in [5.41, 5.74) is 0.429. The Morgan fingerprint density at radius 3 is 3.15 bits per heavy atom. The molecule has 1 amide bonds. The summed E-state index contributed by atoms with van der Waals surface area (Å²) < 4.78 is 4.88. The highest BCUT2D eigenvalue weighted by molar-refractivity contribution is 5.96. The standard InChI is InChI=1S/C9H11NO3/c11-5-4-10-9(12)8-3-1-2-6-13-7-8/h1-3,6-7,11H,4-5H2,(H,10,12). The van der Waals surface area contributed by atoms with E-state index in [1.165, 1.54) is 12.5 Å². The van der Waals surface area contributed by atoms with Crippen molar-refractivity contribution in [3.8, 4) is 0 Å². The second kappa shape index (κ2) is 5.16. The van der Waals surface area contributed by atoms with Crippen molar-refractivity contribution in [1.82, 2.24) is 5.32 Å². The van der Waals surface area contributed by atoms with Gasteiger partial charge in [-0.2, -0.15) is 0 Å². The van der Waals surface area contributed by atoms with Gasteiger partial charge in [-0.25, -0.2) is 0 Å². The SMILES string of the molecule is O=C(NCCO)C1=COC=CC=C1. The molecule has 1 rings (SSSR count). The van der Waals surface area contributed by atoms with Crippen LogP contribution in [0.15, 0.2) is 36.3 Å². The summed E-state index contributed by atoms with van der Waals surface area (Å²) in [7, 11) is 0. The van der Waals surface area contributed by atoms with E-state index in [1.54, 1.807) is 18.2 Å². The van der Waals surface area contributed by atoms with Crippen molar-refractivity contribution in [1.29, 1.82) is 0 Å². The first kappa shape index (κ1) is 9.54. The largest absolute Gasteiger partial charge is 0.472 e. The molecule has 0 aliphatic carbocycles. The molecule has 13 heavy (non-hydrogen) atoms. The number of aliphatic hydroxyl groups is 1. The van der Waals surface area contributed by atoms with Crippen LogP contribution in [0, 0.1) is 0 Å². The first-order valence-corrected chi connectivity index (χ1v) is 3.92. The fraction of sp³-hybridized carbons (Fsp3) is 0.222. The molecular weight excluding hydrogens is 170 g/mol. The van der Waals surface area contributed by atoms with Gasteiger partial charge in [0.1, 0.15) is 6.26 Å². The fourth-order valence-electron chi connectivity index (χ4n) is 0.803. The number of carbonyl (C=O) groups is 1. The maximum absolute atomic E-state index is 11.3. The van der Waals surface area contributed by atoms with Gasteiger partial charge in [-0.3, -0.25) is 4.79 Å². The second-order valence-electron chi connectivity index (χ2n) is 2.38. The Morgan fingerprint density at radius 1 is 1.54 bits per heavy atom. The van der Waals surface area contributed by atoms with E-state index in [1.807, 2.05) is 0 Å². The maximum Gasteiger partial charge on any atom is 0.254 e. The Balaban J connectivity index is 2.51. The van der Waals surface area contributed by atoms with Gasteiger partial charge in [-0.15, -0.1) is 0 Å². The predicted molar refractivity (Wildman–Crippen MR) is 47.5 cm³/mol. The summed E-state index contributed by atoms with van der Waals surface area (Å²) in [5, 5.41) is 11.0. The van der Waals surface area contributed by atoms with E-state index in [4.69, 9.17) is 9.84 Å². The van der Waals surface area contributed by atoms with Crippen LogP contribution in [0.1, 0.15) is 0 Å². The highest BCUT2D eigenvalue weighted by Gasteiger charge is 2.05. The third-order valence-electron chi connectivity index (χ3n) is 1.40. The minimum atomic E-state index is -0.256. The fourth-order valence-corrected chi connectivity index (χ4v) is 0.803. The molecule has 0 saturated heterocycles. The topological polar surface area (TPSA) is 58.6 Å². The molecule has 0 aromatic heterocycles. The lowest BCUT2D eigenvalue weighted by atomic mass is 10.2. The number of hydrogen-bond acceptors (Lipinski definition) is 3. The smallest absolute Gasteiger partial charge is 0.254 e. The third-order valence-corrected chi connectivity index (χ3v) is 1.40. The quantitative estimate of drug-likeness (QED) is 0.648. The lowest BCUT2D eigenvalue weighted by molar-refractivity contribution is -0.117. The number of carbonyl (C=O) groups excluding carboxylic acids is 1. The van der Waals surface area contributed by atoms with Gasteiger partial charge in [-0.1, -0.05) is 6.08 Å². The number of aliphatic hydroxyl groups excluding tert-OH is 1. The third kappa shape index (κ3) is 3.13. The van der Waals surface area contributed by atoms with Crippen LogP contribution >= 0.6 is 0 Å². The second-order valence-corrected chi connectivity index (χ2v) is 2.38. The summed E-state index contributed by atoms with van der Waals surface area (Å²) >= 11 is 0. The van der Waals surface area contributed by atoms with E-state index in [0.717, 1.165) is 0 Å². The van der Waals surface area contributed by atoms with Crippen LogP contribution < -0.4 is 5.32 Å².